The molecule has 1 spiro atoms. The Labute approximate surface area is 224 Å². The molecule has 8 heteroatoms. The molecule has 0 radical (unpaired) electrons. The molecule has 4 heterocycles. The van der Waals surface area contributed by atoms with E-state index in [1.165, 1.54) is 4.90 Å². The molecular weight excluding hydrogens is 484 g/mol. The number of rotatable bonds is 3. The zero-order valence-corrected chi connectivity index (χ0v) is 22.6. The molecule has 8 nitrogen and oxygen atoms in total. The first-order valence-corrected chi connectivity index (χ1v) is 13.6. The molecule has 38 heavy (non-hydrogen) atoms. The van der Waals surface area contributed by atoms with Crippen LogP contribution in [0, 0.1) is 11.8 Å². The van der Waals surface area contributed by atoms with Crippen molar-refractivity contribution in [2.75, 3.05) is 19.8 Å². The molecule has 2 saturated heterocycles. The number of allylic oxidation sites excluding steroid dienone is 1. The van der Waals surface area contributed by atoms with Crippen molar-refractivity contribution in [3.63, 3.8) is 0 Å². The van der Waals surface area contributed by atoms with Crippen molar-refractivity contribution < 1.29 is 29.0 Å². The van der Waals surface area contributed by atoms with Gasteiger partial charge in [0.2, 0.25) is 11.8 Å². The Balaban J connectivity index is 1.71. The zero-order valence-electron chi connectivity index (χ0n) is 22.6. The molecule has 4 aliphatic heterocycles. The molecule has 1 aromatic rings. The van der Waals surface area contributed by atoms with Gasteiger partial charge in [-0.1, -0.05) is 54.6 Å². The van der Waals surface area contributed by atoms with Gasteiger partial charge < -0.3 is 24.4 Å². The van der Waals surface area contributed by atoms with E-state index in [4.69, 9.17) is 9.47 Å². The van der Waals surface area contributed by atoms with Gasteiger partial charge >= 0.3 is 5.97 Å². The number of fused-ring (bicyclic) bond motifs is 2. The standard InChI is InChI=1S/C30H38N2O6/c1-28(2,3)31-17-12-16-30-22(23-27(36)37-18-11-6-5-10-15-29(23,4)38-30)25(34)32(24(30)26(31)35)21(19-33)20-13-8-7-9-14-20/h7-10,12-16,21-24,33H,5-6,11,17-19H2,1-4H3/b15-10-/t21-,22+,23-,24?,29+,30+/m1/s1. The number of likely N-dealkylation sites (tertiary alicyclic amines) is 1. The smallest absolute Gasteiger partial charge is 0.313 e. The normalized spacial score (nSPS) is 35.2. The second kappa shape index (κ2) is 9.65. The highest BCUT2D eigenvalue weighted by atomic mass is 16.6. The summed E-state index contributed by atoms with van der Waals surface area (Å²) in [7, 11) is 0. The molecule has 0 saturated carbocycles. The van der Waals surface area contributed by atoms with Crippen LogP contribution in [0.2, 0.25) is 0 Å². The lowest BCUT2D eigenvalue weighted by Gasteiger charge is -2.43. The minimum Gasteiger partial charge on any atom is -0.465 e. The van der Waals surface area contributed by atoms with Gasteiger partial charge in [-0.15, -0.1) is 0 Å². The number of carbonyl (C=O) groups excluding carboxylic acids is 3. The van der Waals surface area contributed by atoms with Gasteiger partial charge in [0, 0.05) is 12.1 Å². The fraction of sp³-hybridized carbons (Fsp3) is 0.567. The van der Waals surface area contributed by atoms with Crippen molar-refractivity contribution in [3.05, 3.63) is 60.2 Å². The minimum atomic E-state index is -1.40. The van der Waals surface area contributed by atoms with Crippen molar-refractivity contribution in [3.8, 4) is 0 Å². The van der Waals surface area contributed by atoms with E-state index in [2.05, 4.69) is 0 Å². The summed E-state index contributed by atoms with van der Waals surface area (Å²) in [5, 5.41) is 10.6. The van der Waals surface area contributed by atoms with Gasteiger partial charge in [0.05, 0.1) is 30.8 Å². The third-order valence-electron chi connectivity index (χ3n) is 8.44. The minimum absolute atomic E-state index is 0.266. The number of aliphatic hydroxyl groups is 1. The fourth-order valence-corrected chi connectivity index (χ4v) is 6.71. The lowest BCUT2D eigenvalue weighted by Crippen LogP contribution is -2.59. The number of ether oxygens (including phenoxy) is 2. The number of nitrogens with zero attached hydrogens (tertiary/aromatic N) is 2. The Morgan fingerprint density at radius 1 is 1.03 bits per heavy atom. The summed E-state index contributed by atoms with van der Waals surface area (Å²) in [5.41, 5.74) is -2.35. The van der Waals surface area contributed by atoms with Crippen LogP contribution in [0.5, 0.6) is 0 Å². The van der Waals surface area contributed by atoms with Crippen LogP contribution in [0.15, 0.2) is 54.6 Å². The van der Waals surface area contributed by atoms with E-state index in [-0.39, 0.29) is 25.0 Å². The van der Waals surface area contributed by atoms with E-state index in [1.807, 2.05) is 82.3 Å². The second-order valence-electron chi connectivity index (χ2n) is 11.9. The molecule has 4 aliphatic rings. The lowest BCUT2D eigenvalue weighted by atomic mass is 9.74. The number of aliphatic hydroxyl groups excluding tert-OH is 1. The molecule has 2 amide bonds. The largest absolute Gasteiger partial charge is 0.465 e. The molecule has 0 aromatic heterocycles. The van der Waals surface area contributed by atoms with Gasteiger partial charge in [-0.3, -0.25) is 14.4 Å². The molecule has 2 fully saturated rings. The first kappa shape index (κ1) is 26.6. The van der Waals surface area contributed by atoms with Crippen molar-refractivity contribution in [2.45, 2.75) is 75.8 Å². The van der Waals surface area contributed by atoms with Crippen molar-refractivity contribution >= 4 is 17.8 Å². The van der Waals surface area contributed by atoms with Gasteiger partial charge in [-0.05, 0) is 52.5 Å². The third kappa shape index (κ3) is 4.09. The summed E-state index contributed by atoms with van der Waals surface area (Å²) >= 11 is 0. The number of hydrogen-bond donors (Lipinski definition) is 1. The van der Waals surface area contributed by atoms with Crippen molar-refractivity contribution in [2.24, 2.45) is 11.8 Å². The number of esters is 1. The molecule has 5 rings (SSSR count). The van der Waals surface area contributed by atoms with E-state index in [0.29, 0.717) is 12.1 Å². The van der Waals surface area contributed by atoms with Crippen LogP contribution in [0.4, 0.5) is 0 Å². The number of cyclic esters (lactones) is 1. The maximum Gasteiger partial charge on any atom is 0.313 e. The van der Waals surface area contributed by atoms with E-state index in [0.717, 1.165) is 19.3 Å². The van der Waals surface area contributed by atoms with Gasteiger partial charge in [0.1, 0.15) is 17.6 Å². The van der Waals surface area contributed by atoms with E-state index >= 15 is 0 Å². The van der Waals surface area contributed by atoms with Crippen LogP contribution in [0.1, 0.15) is 58.6 Å². The zero-order chi connectivity index (χ0) is 27.3. The molecule has 1 aromatic carbocycles. The van der Waals surface area contributed by atoms with Crippen molar-refractivity contribution in [1.29, 1.82) is 0 Å². The summed E-state index contributed by atoms with van der Waals surface area (Å²) < 4.78 is 12.5. The Bertz CT molecular complexity index is 1160. The van der Waals surface area contributed by atoms with E-state index in [1.54, 1.807) is 4.90 Å². The Kier molecular flexibility index (Phi) is 6.76. The van der Waals surface area contributed by atoms with Crippen LogP contribution in [-0.2, 0) is 23.9 Å². The first-order valence-electron chi connectivity index (χ1n) is 13.6. The molecule has 0 bridgehead atoms. The van der Waals surface area contributed by atoms with Gasteiger partial charge in [0.15, 0.2) is 0 Å². The molecule has 204 valence electrons. The van der Waals surface area contributed by atoms with Gasteiger partial charge in [-0.2, -0.15) is 0 Å². The summed E-state index contributed by atoms with van der Waals surface area (Å²) in [6.45, 7) is 7.90. The van der Waals surface area contributed by atoms with Crippen LogP contribution in [-0.4, -0.2) is 75.2 Å². The van der Waals surface area contributed by atoms with Crippen LogP contribution in [0.25, 0.3) is 0 Å². The predicted molar refractivity (Wildman–Crippen MR) is 141 cm³/mol. The quantitative estimate of drug-likeness (QED) is 0.484. The summed E-state index contributed by atoms with van der Waals surface area (Å²) in [6, 6.07) is 7.35. The fourth-order valence-electron chi connectivity index (χ4n) is 6.71. The molecular formula is C30H38N2O6. The summed E-state index contributed by atoms with van der Waals surface area (Å²) in [6.07, 6.45) is 9.99. The number of carbonyl (C=O) groups is 3. The predicted octanol–water partition coefficient (Wildman–Crippen LogP) is 3.17. The van der Waals surface area contributed by atoms with Gasteiger partial charge in [-0.25, -0.2) is 0 Å². The highest BCUT2D eigenvalue weighted by Crippen LogP contribution is 2.58. The Hall–Kier alpha value is -2.97. The highest BCUT2D eigenvalue weighted by molar-refractivity contribution is 5.99. The van der Waals surface area contributed by atoms with E-state index in [9.17, 15) is 19.5 Å². The number of amides is 2. The van der Waals surface area contributed by atoms with Crippen LogP contribution < -0.4 is 0 Å². The highest BCUT2D eigenvalue weighted by Gasteiger charge is 2.75. The average Bonchev–Trinajstić information content (AvgIpc) is 3.19. The molecule has 1 N–H and O–H groups in total. The molecule has 0 aliphatic carbocycles. The van der Waals surface area contributed by atoms with Crippen molar-refractivity contribution in [1.82, 2.24) is 9.80 Å². The van der Waals surface area contributed by atoms with E-state index < -0.39 is 46.6 Å². The molecule has 6 atom stereocenters. The monoisotopic (exact) mass is 522 g/mol. The van der Waals surface area contributed by atoms with Gasteiger partial charge in [0.25, 0.3) is 0 Å². The Morgan fingerprint density at radius 2 is 1.76 bits per heavy atom. The molecule has 1 unspecified atom stereocenters. The Morgan fingerprint density at radius 3 is 2.45 bits per heavy atom. The maximum atomic E-state index is 14.5. The van der Waals surface area contributed by atoms with Crippen LogP contribution >= 0.6 is 0 Å². The lowest BCUT2D eigenvalue weighted by molar-refractivity contribution is -0.163. The topological polar surface area (TPSA) is 96.4 Å². The number of benzene rings is 1. The number of hydrogen-bond acceptors (Lipinski definition) is 6. The average molecular weight is 523 g/mol. The first-order chi connectivity index (χ1) is 18.0. The third-order valence-corrected chi connectivity index (χ3v) is 8.44. The summed E-state index contributed by atoms with van der Waals surface area (Å²) in [4.78, 5) is 45.8. The SMILES string of the molecule is CC(C)(C)N1CC=C[C@]23O[C@@]4(C)/C=C\CCCCOC(=O)[C@H]4[C@H]2C(=O)N([C@H](CO)c2ccccc2)C3C1=O. The summed E-state index contributed by atoms with van der Waals surface area (Å²) in [5.74, 6) is -3.06. The second-order valence-corrected chi connectivity index (χ2v) is 11.9. The van der Waals surface area contributed by atoms with Crippen LogP contribution in [0.3, 0.4) is 0 Å². The maximum absolute atomic E-state index is 14.5.